The van der Waals surface area contributed by atoms with Gasteiger partial charge in [0, 0.05) is 39.1 Å². The summed E-state index contributed by atoms with van der Waals surface area (Å²) in [5.74, 6) is 1.81. The number of aryl methyl sites for hydroxylation is 1. The molecule has 2 rings (SSSR count). The molecule has 1 aliphatic rings. The van der Waals surface area contributed by atoms with Gasteiger partial charge in [-0.15, -0.1) is 0 Å². The molecular formula is C16H26N4. The van der Waals surface area contributed by atoms with Crippen molar-refractivity contribution in [1.82, 2.24) is 15.2 Å². The first kappa shape index (κ1) is 14.8. The lowest BCUT2D eigenvalue weighted by molar-refractivity contribution is 0.266. The van der Waals surface area contributed by atoms with Crippen LogP contribution in [0.15, 0.2) is 23.5 Å². The summed E-state index contributed by atoms with van der Waals surface area (Å²) < 4.78 is 0. The predicted octanol–water partition coefficient (Wildman–Crippen LogP) is 2.24. The number of nitrogens with one attached hydrogen (secondary N) is 1. The summed E-state index contributed by atoms with van der Waals surface area (Å²) in [4.78, 5) is 10.9. The van der Waals surface area contributed by atoms with Crippen LogP contribution >= 0.6 is 0 Å². The third-order valence-corrected chi connectivity index (χ3v) is 3.98. The lowest BCUT2D eigenvalue weighted by Crippen LogP contribution is -2.46. The Morgan fingerprint density at radius 3 is 3.10 bits per heavy atom. The number of piperidine rings is 1. The van der Waals surface area contributed by atoms with Gasteiger partial charge in [0.15, 0.2) is 5.96 Å². The van der Waals surface area contributed by atoms with Crippen LogP contribution in [0.25, 0.3) is 0 Å². The van der Waals surface area contributed by atoms with Crippen LogP contribution in [0, 0.1) is 12.8 Å². The molecule has 1 aliphatic heterocycles. The second-order valence-corrected chi connectivity index (χ2v) is 5.72. The number of hydrogen-bond donors (Lipinski definition) is 1. The molecule has 4 nitrogen and oxygen atoms in total. The fourth-order valence-corrected chi connectivity index (χ4v) is 2.81. The van der Waals surface area contributed by atoms with Crippen LogP contribution in [0.4, 0.5) is 0 Å². The maximum Gasteiger partial charge on any atom is 0.193 e. The smallest absolute Gasteiger partial charge is 0.193 e. The van der Waals surface area contributed by atoms with Crippen molar-refractivity contribution in [3.05, 3.63) is 29.6 Å². The van der Waals surface area contributed by atoms with Crippen LogP contribution in [0.1, 0.15) is 30.9 Å². The highest BCUT2D eigenvalue weighted by molar-refractivity contribution is 5.80. The Bertz CT molecular complexity index is 456. The molecule has 0 radical (unpaired) electrons. The van der Waals surface area contributed by atoms with Crippen LogP contribution < -0.4 is 5.32 Å². The number of likely N-dealkylation sites (tertiary alicyclic amines) is 1. The quantitative estimate of drug-likeness (QED) is 0.679. The number of hydrogen-bond acceptors (Lipinski definition) is 2. The summed E-state index contributed by atoms with van der Waals surface area (Å²) in [5, 5.41) is 3.49. The molecule has 1 aromatic heterocycles. The average molecular weight is 274 g/mol. The van der Waals surface area contributed by atoms with Gasteiger partial charge in [-0.25, -0.2) is 0 Å². The summed E-state index contributed by atoms with van der Waals surface area (Å²) in [5.41, 5.74) is 2.62. The number of aliphatic imine (C=N–C) groups is 1. The van der Waals surface area contributed by atoms with Gasteiger partial charge in [-0.05, 0) is 49.3 Å². The molecule has 1 unspecified atom stereocenters. The molecule has 0 aromatic carbocycles. The molecule has 1 N–H and O–H groups in total. The standard InChI is InChI=1S/C16H26N4/c1-13-5-4-10-20(12-13)16(17-3)19-9-7-15-6-8-18-11-14(15)2/h6,8,11,13H,4-5,7,9-10,12H2,1-3H3,(H,17,19). The van der Waals surface area contributed by atoms with Gasteiger partial charge in [0.25, 0.3) is 0 Å². The SMILES string of the molecule is CN=C(NCCc1ccncc1C)N1CCCC(C)C1. The van der Waals surface area contributed by atoms with Gasteiger partial charge in [-0.3, -0.25) is 9.98 Å². The van der Waals surface area contributed by atoms with E-state index in [4.69, 9.17) is 0 Å². The van der Waals surface area contributed by atoms with Gasteiger partial charge in [0.2, 0.25) is 0 Å². The Morgan fingerprint density at radius 1 is 1.55 bits per heavy atom. The lowest BCUT2D eigenvalue weighted by atomic mass is 10.0. The number of nitrogens with zero attached hydrogens (tertiary/aromatic N) is 3. The Balaban J connectivity index is 1.84. The van der Waals surface area contributed by atoms with E-state index >= 15 is 0 Å². The second-order valence-electron chi connectivity index (χ2n) is 5.72. The van der Waals surface area contributed by atoms with Crippen molar-refractivity contribution in [1.29, 1.82) is 0 Å². The first-order chi connectivity index (χ1) is 9.70. The molecule has 0 amide bonds. The van der Waals surface area contributed by atoms with Crippen LogP contribution in [0.2, 0.25) is 0 Å². The zero-order valence-electron chi connectivity index (χ0n) is 12.9. The van der Waals surface area contributed by atoms with E-state index in [1.807, 2.05) is 19.4 Å². The largest absolute Gasteiger partial charge is 0.356 e. The van der Waals surface area contributed by atoms with Crippen molar-refractivity contribution in [2.75, 3.05) is 26.7 Å². The highest BCUT2D eigenvalue weighted by atomic mass is 15.3. The minimum Gasteiger partial charge on any atom is -0.356 e. The summed E-state index contributed by atoms with van der Waals surface area (Å²) >= 11 is 0. The van der Waals surface area contributed by atoms with Crippen molar-refractivity contribution in [2.45, 2.75) is 33.1 Å². The van der Waals surface area contributed by atoms with E-state index in [1.54, 1.807) is 0 Å². The summed E-state index contributed by atoms with van der Waals surface area (Å²) in [7, 11) is 1.87. The van der Waals surface area contributed by atoms with E-state index in [1.165, 1.54) is 24.0 Å². The highest BCUT2D eigenvalue weighted by Gasteiger charge is 2.18. The molecule has 0 aliphatic carbocycles. The first-order valence-electron chi connectivity index (χ1n) is 7.55. The van der Waals surface area contributed by atoms with Crippen molar-refractivity contribution >= 4 is 5.96 Å². The molecule has 1 saturated heterocycles. The highest BCUT2D eigenvalue weighted by Crippen LogP contribution is 2.15. The molecule has 0 spiro atoms. The average Bonchev–Trinajstić information content (AvgIpc) is 2.45. The van der Waals surface area contributed by atoms with E-state index < -0.39 is 0 Å². The van der Waals surface area contributed by atoms with Crippen LogP contribution in [0.3, 0.4) is 0 Å². The van der Waals surface area contributed by atoms with Crippen LogP contribution in [-0.2, 0) is 6.42 Å². The minimum absolute atomic E-state index is 0.768. The fraction of sp³-hybridized carbons (Fsp3) is 0.625. The van der Waals surface area contributed by atoms with Crippen molar-refractivity contribution < 1.29 is 0 Å². The number of rotatable bonds is 3. The molecular weight excluding hydrogens is 248 g/mol. The number of aromatic nitrogens is 1. The summed E-state index contributed by atoms with van der Waals surface area (Å²) in [6.07, 6.45) is 7.41. The van der Waals surface area contributed by atoms with Gasteiger partial charge in [-0.2, -0.15) is 0 Å². The van der Waals surface area contributed by atoms with Gasteiger partial charge in [-0.1, -0.05) is 6.92 Å². The third kappa shape index (κ3) is 3.95. The number of pyridine rings is 1. The molecule has 2 heterocycles. The Kier molecular flexibility index (Phi) is 5.39. The molecule has 4 heteroatoms. The van der Waals surface area contributed by atoms with E-state index in [2.05, 4.69) is 40.1 Å². The van der Waals surface area contributed by atoms with Gasteiger partial charge >= 0.3 is 0 Å². The summed E-state index contributed by atoms with van der Waals surface area (Å²) in [6.45, 7) is 7.60. The molecule has 110 valence electrons. The molecule has 1 atom stereocenters. The molecule has 0 saturated carbocycles. The third-order valence-electron chi connectivity index (χ3n) is 3.98. The van der Waals surface area contributed by atoms with E-state index in [9.17, 15) is 0 Å². The zero-order chi connectivity index (χ0) is 14.4. The fourth-order valence-electron chi connectivity index (χ4n) is 2.81. The van der Waals surface area contributed by atoms with Crippen LogP contribution in [-0.4, -0.2) is 42.5 Å². The van der Waals surface area contributed by atoms with Crippen molar-refractivity contribution in [3.8, 4) is 0 Å². The number of guanidine groups is 1. The molecule has 0 bridgehead atoms. The zero-order valence-corrected chi connectivity index (χ0v) is 12.9. The van der Waals surface area contributed by atoms with E-state index in [0.717, 1.165) is 37.9 Å². The van der Waals surface area contributed by atoms with Crippen molar-refractivity contribution in [2.24, 2.45) is 10.9 Å². The van der Waals surface area contributed by atoms with Gasteiger partial charge in [0.05, 0.1) is 0 Å². The maximum atomic E-state index is 4.42. The van der Waals surface area contributed by atoms with E-state index in [-0.39, 0.29) is 0 Å². The van der Waals surface area contributed by atoms with Crippen molar-refractivity contribution in [3.63, 3.8) is 0 Å². The Hall–Kier alpha value is -1.58. The molecule has 1 aromatic rings. The summed E-state index contributed by atoms with van der Waals surface area (Å²) in [6, 6.07) is 2.10. The monoisotopic (exact) mass is 274 g/mol. The Labute approximate surface area is 122 Å². The predicted molar refractivity (Wildman–Crippen MR) is 84.0 cm³/mol. The topological polar surface area (TPSA) is 40.5 Å². The Morgan fingerprint density at radius 2 is 2.40 bits per heavy atom. The van der Waals surface area contributed by atoms with Gasteiger partial charge in [0.1, 0.15) is 0 Å². The maximum absolute atomic E-state index is 4.42. The van der Waals surface area contributed by atoms with Crippen LogP contribution in [0.5, 0.6) is 0 Å². The second kappa shape index (κ2) is 7.27. The molecule has 20 heavy (non-hydrogen) atoms. The molecule has 1 fully saturated rings. The van der Waals surface area contributed by atoms with Gasteiger partial charge < -0.3 is 10.2 Å². The minimum atomic E-state index is 0.768. The first-order valence-corrected chi connectivity index (χ1v) is 7.55. The lowest BCUT2D eigenvalue weighted by Gasteiger charge is -2.33. The normalized spacial score (nSPS) is 20.1. The van der Waals surface area contributed by atoms with E-state index in [0.29, 0.717) is 0 Å².